The molecule has 3 unspecified atom stereocenters. The lowest BCUT2D eigenvalue weighted by Gasteiger charge is -2.51. The van der Waals surface area contributed by atoms with Crippen molar-refractivity contribution in [3.63, 3.8) is 0 Å². The van der Waals surface area contributed by atoms with Crippen molar-refractivity contribution in [3.8, 4) is 6.07 Å². The number of fused-ring (bicyclic) bond motifs is 1. The first-order chi connectivity index (χ1) is 15.9. The Hall–Kier alpha value is -2.78. The molecule has 0 radical (unpaired) electrons. The SMILES string of the molecule is CC(C)(C)CCc1ccc(C23CCC(C#N)CC2=CN(C2(C)C=C(C(=O)O)C2)C(=O)N3)cc1Cl. The van der Waals surface area contributed by atoms with Crippen molar-refractivity contribution in [2.45, 2.75) is 77.3 Å². The van der Waals surface area contributed by atoms with Crippen LogP contribution in [0.2, 0.25) is 5.02 Å². The van der Waals surface area contributed by atoms with E-state index in [-0.39, 0.29) is 23.8 Å². The average molecular weight is 482 g/mol. The van der Waals surface area contributed by atoms with E-state index in [0.29, 0.717) is 29.9 Å². The number of nitriles is 1. The number of halogens is 1. The van der Waals surface area contributed by atoms with Gasteiger partial charge in [-0.2, -0.15) is 5.26 Å². The van der Waals surface area contributed by atoms with Gasteiger partial charge in [-0.3, -0.25) is 4.90 Å². The van der Waals surface area contributed by atoms with E-state index >= 15 is 0 Å². The van der Waals surface area contributed by atoms with Crippen molar-refractivity contribution >= 4 is 23.6 Å². The van der Waals surface area contributed by atoms with E-state index in [1.807, 2.05) is 25.3 Å². The highest BCUT2D eigenvalue weighted by atomic mass is 35.5. The summed E-state index contributed by atoms with van der Waals surface area (Å²) in [5, 5.41) is 22.8. The average Bonchev–Trinajstić information content (AvgIpc) is 2.74. The highest BCUT2D eigenvalue weighted by Gasteiger charge is 2.50. The molecule has 1 aliphatic heterocycles. The summed E-state index contributed by atoms with van der Waals surface area (Å²) >= 11 is 6.72. The number of carboxylic acid groups (broad SMARTS) is 1. The number of benzene rings is 1. The molecule has 3 atom stereocenters. The standard InChI is InChI=1S/C27H32ClN3O3/c1-25(2,3)9-8-18-5-6-20(12-22(18)28)27-10-7-17(15-29)11-21(27)16-31(24(34)30-27)26(4)13-19(14-26)23(32)33/h5-6,12-13,16-17H,7-11,14H2,1-4H3,(H,30,34)(H,32,33). The fourth-order valence-electron chi connectivity index (χ4n) is 5.30. The molecule has 3 aliphatic rings. The van der Waals surface area contributed by atoms with Crippen molar-refractivity contribution < 1.29 is 14.7 Å². The molecule has 0 bridgehead atoms. The van der Waals surface area contributed by atoms with Crippen molar-refractivity contribution in [3.05, 3.63) is 57.8 Å². The van der Waals surface area contributed by atoms with Crippen molar-refractivity contribution in [1.29, 1.82) is 5.26 Å². The highest BCUT2D eigenvalue weighted by Crippen LogP contribution is 2.48. The maximum atomic E-state index is 13.4. The molecule has 180 valence electrons. The van der Waals surface area contributed by atoms with Crippen LogP contribution in [0.15, 0.2) is 41.6 Å². The molecule has 1 saturated carbocycles. The molecule has 7 heteroatoms. The van der Waals surface area contributed by atoms with Crippen LogP contribution in [0.1, 0.15) is 70.9 Å². The third kappa shape index (κ3) is 4.34. The van der Waals surface area contributed by atoms with Gasteiger partial charge in [0, 0.05) is 23.2 Å². The number of carboxylic acids is 1. The number of carbonyl (C=O) groups excluding carboxylic acids is 1. The second kappa shape index (κ2) is 8.46. The van der Waals surface area contributed by atoms with Gasteiger partial charge in [0.1, 0.15) is 0 Å². The predicted octanol–water partition coefficient (Wildman–Crippen LogP) is 5.92. The van der Waals surface area contributed by atoms with Crippen LogP contribution in [-0.4, -0.2) is 27.5 Å². The number of aliphatic carboxylic acids is 1. The van der Waals surface area contributed by atoms with Gasteiger partial charge in [-0.25, -0.2) is 9.59 Å². The Morgan fingerprint density at radius 3 is 2.68 bits per heavy atom. The number of aryl methyl sites for hydroxylation is 1. The Morgan fingerprint density at radius 1 is 1.38 bits per heavy atom. The van der Waals surface area contributed by atoms with E-state index in [1.54, 1.807) is 11.0 Å². The monoisotopic (exact) mass is 481 g/mol. The number of hydrogen-bond donors (Lipinski definition) is 2. The Morgan fingerprint density at radius 2 is 2.09 bits per heavy atom. The maximum Gasteiger partial charge on any atom is 0.331 e. The van der Waals surface area contributed by atoms with Crippen LogP contribution < -0.4 is 5.32 Å². The van der Waals surface area contributed by atoms with Crippen molar-refractivity contribution in [2.75, 3.05) is 0 Å². The van der Waals surface area contributed by atoms with E-state index < -0.39 is 17.0 Å². The summed E-state index contributed by atoms with van der Waals surface area (Å²) in [7, 11) is 0. The number of rotatable bonds is 5. The van der Waals surface area contributed by atoms with Crippen molar-refractivity contribution in [1.82, 2.24) is 10.2 Å². The van der Waals surface area contributed by atoms with Crippen LogP contribution in [0, 0.1) is 22.7 Å². The molecule has 4 rings (SSSR count). The molecule has 1 heterocycles. The Labute approximate surface area is 206 Å². The molecule has 1 aromatic carbocycles. The second-order valence-electron chi connectivity index (χ2n) is 11.3. The lowest BCUT2D eigenvalue weighted by molar-refractivity contribution is -0.133. The van der Waals surface area contributed by atoms with E-state index in [9.17, 15) is 20.0 Å². The third-order valence-corrected chi connectivity index (χ3v) is 7.79. The van der Waals surface area contributed by atoms with Crippen LogP contribution >= 0.6 is 11.6 Å². The topological polar surface area (TPSA) is 93.4 Å². The summed E-state index contributed by atoms with van der Waals surface area (Å²) in [5.41, 5.74) is 2.07. The van der Waals surface area contributed by atoms with Gasteiger partial charge < -0.3 is 10.4 Å². The maximum absolute atomic E-state index is 13.4. The van der Waals surface area contributed by atoms with E-state index in [0.717, 1.165) is 29.5 Å². The summed E-state index contributed by atoms with van der Waals surface area (Å²) in [5.74, 6) is -1.09. The van der Waals surface area contributed by atoms with Gasteiger partial charge in [0.05, 0.1) is 23.1 Å². The summed E-state index contributed by atoms with van der Waals surface area (Å²) < 4.78 is 0. The van der Waals surface area contributed by atoms with Crippen LogP contribution in [-0.2, 0) is 16.8 Å². The smallest absolute Gasteiger partial charge is 0.331 e. The van der Waals surface area contributed by atoms with E-state index in [4.69, 9.17) is 11.6 Å². The molecule has 0 saturated heterocycles. The van der Waals surface area contributed by atoms with Crippen LogP contribution in [0.5, 0.6) is 0 Å². The number of nitrogens with zero attached hydrogens (tertiary/aromatic N) is 2. The summed E-state index contributed by atoms with van der Waals surface area (Å²) in [6, 6.07) is 8.18. The van der Waals surface area contributed by atoms with Gasteiger partial charge >= 0.3 is 12.0 Å². The zero-order valence-corrected chi connectivity index (χ0v) is 21.0. The summed E-state index contributed by atoms with van der Waals surface area (Å²) in [6.07, 6.45) is 7.49. The first-order valence-electron chi connectivity index (χ1n) is 11.8. The lowest BCUT2D eigenvalue weighted by Crippen LogP contribution is -2.62. The Bertz CT molecular complexity index is 1140. The first kappa shape index (κ1) is 24.3. The van der Waals surface area contributed by atoms with E-state index in [2.05, 4.69) is 38.2 Å². The third-order valence-electron chi connectivity index (χ3n) is 7.44. The van der Waals surface area contributed by atoms with Gasteiger partial charge in [0.25, 0.3) is 0 Å². The Balaban J connectivity index is 1.70. The minimum Gasteiger partial charge on any atom is -0.478 e. The minimum atomic E-state index is -0.958. The zero-order valence-electron chi connectivity index (χ0n) is 20.2. The normalized spacial score (nSPS) is 28.6. The van der Waals surface area contributed by atoms with Crippen LogP contribution in [0.3, 0.4) is 0 Å². The lowest BCUT2D eigenvalue weighted by atomic mass is 9.68. The predicted molar refractivity (Wildman–Crippen MR) is 131 cm³/mol. The molecule has 34 heavy (non-hydrogen) atoms. The number of hydrogen-bond acceptors (Lipinski definition) is 3. The number of nitrogens with one attached hydrogen (secondary N) is 1. The minimum absolute atomic E-state index is 0.128. The van der Waals surface area contributed by atoms with Crippen LogP contribution in [0.25, 0.3) is 0 Å². The van der Waals surface area contributed by atoms with E-state index in [1.165, 1.54) is 0 Å². The number of amides is 2. The molecule has 0 spiro atoms. The quantitative estimate of drug-likeness (QED) is 0.545. The Kier molecular flexibility index (Phi) is 6.06. The molecule has 2 amide bonds. The highest BCUT2D eigenvalue weighted by molar-refractivity contribution is 6.31. The molecule has 1 aromatic rings. The van der Waals surface area contributed by atoms with Gasteiger partial charge in [0.2, 0.25) is 0 Å². The fraction of sp³-hybridized carbons (Fsp3) is 0.519. The molecular weight excluding hydrogens is 450 g/mol. The summed E-state index contributed by atoms with van der Waals surface area (Å²) in [4.78, 5) is 26.2. The molecule has 2 aliphatic carbocycles. The molecule has 0 aromatic heterocycles. The van der Waals surface area contributed by atoms with Gasteiger partial charge in [0.15, 0.2) is 0 Å². The van der Waals surface area contributed by atoms with Gasteiger partial charge in [-0.05, 0) is 73.3 Å². The molecular formula is C27H32ClN3O3. The summed E-state index contributed by atoms with van der Waals surface area (Å²) in [6.45, 7) is 8.48. The number of urea groups is 1. The second-order valence-corrected chi connectivity index (χ2v) is 11.7. The fourth-order valence-corrected chi connectivity index (χ4v) is 5.57. The van der Waals surface area contributed by atoms with Crippen molar-refractivity contribution in [2.24, 2.45) is 11.3 Å². The van der Waals surface area contributed by atoms with Crippen LogP contribution in [0.4, 0.5) is 4.79 Å². The van der Waals surface area contributed by atoms with Gasteiger partial charge in [-0.1, -0.05) is 44.5 Å². The van der Waals surface area contributed by atoms with Gasteiger partial charge in [-0.15, -0.1) is 0 Å². The first-order valence-corrected chi connectivity index (χ1v) is 12.2. The molecule has 2 N–H and O–H groups in total. The zero-order chi connectivity index (χ0) is 24.9. The molecule has 1 fully saturated rings. The molecule has 6 nitrogen and oxygen atoms in total. The number of carbonyl (C=O) groups is 2. The largest absolute Gasteiger partial charge is 0.478 e.